The lowest BCUT2D eigenvalue weighted by molar-refractivity contribution is 0.104. The van der Waals surface area contributed by atoms with Gasteiger partial charge in [0, 0.05) is 60.1 Å². The molecular weight excluding hydrogens is 468 g/mol. The first-order valence-corrected chi connectivity index (χ1v) is 13.4. The van der Waals surface area contributed by atoms with E-state index in [0.717, 1.165) is 59.8 Å². The first-order chi connectivity index (χ1) is 18.5. The molecule has 38 heavy (non-hydrogen) atoms. The van der Waals surface area contributed by atoms with Gasteiger partial charge < -0.3 is 9.13 Å². The Morgan fingerprint density at radius 3 is 1.55 bits per heavy atom. The number of hydrogen-bond donors (Lipinski definition) is 0. The van der Waals surface area contributed by atoms with Crippen molar-refractivity contribution in [2.24, 2.45) is 11.8 Å². The Bertz CT molecular complexity index is 1500. The molecule has 2 atom stereocenters. The SMILES string of the molecule is CC[C@H](C)Cn1ccnc1C#Cc1ccc2c(c1)C(=O)c1cc(C#Cc3nccn3C[C@@H](C)CC)ccc1-2. The van der Waals surface area contributed by atoms with Crippen LogP contribution in [0.25, 0.3) is 11.1 Å². The molecule has 0 amide bonds. The normalized spacial score (nSPS) is 13.1. The van der Waals surface area contributed by atoms with Gasteiger partial charge in [-0.3, -0.25) is 4.79 Å². The summed E-state index contributed by atoms with van der Waals surface area (Å²) in [4.78, 5) is 22.2. The van der Waals surface area contributed by atoms with Gasteiger partial charge in [0.1, 0.15) is 0 Å². The van der Waals surface area contributed by atoms with Crippen LogP contribution in [-0.4, -0.2) is 24.9 Å². The van der Waals surface area contributed by atoms with E-state index < -0.39 is 0 Å². The number of imidazole rings is 2. The Morgan fingerprint density at radius 1 is 0.684 bits per heavy atom. The number of hydrogen-bond acceptors (Lipinski definition) is 3. The minimum atomic E-state index is 0.0128. The van der Waals surface area contributed by atoms with Gasteiger partial charge in [-0.1, -0.05) is 64.5 Å². The minimum Gasteiger partial charge on any atom is -0.324 e. The van der Waals surface area contributed by atoms with Crippen molar-refractivity contribution in [2.75, 3.05) is 0 Å². The minimum absolute atomic E-state index is 0.0128. The van der Waals surface area contributed by atoms with Crippen molar-refractivity contribution in [1.82, 2.24) is 19.1 Å². The van der Waals surface area contributed by atoms with Crippen LogP contribution in [0.3, 0.4) is 0 Å². The van der Waals surface area contributed by atoms with Gasteiger partial charge in [0.05, 0.1) is 0 Å². The summed E-state index contributed by atoms with van der Waals surface area (Å²) in [5.41, 5.74) is 4.86. The molecule has 190 valence electrons. The monoisotopic (exact) mass is 500 g/mol. The average Bonchev–Trinajstić information content (AvgIpc) is 3.64. The van der Waals surface area contributed by atoms with Crippen molar-refractivity contribution < 1.29 is 4.79 Å². The molecule has 0 unspecified atom stereocenters. The fourth-order valence-electron chi connectivity index (χ4n) is 4.58. The Hall–Kier alpha value is -4.35. The van der Waals surface area contributed by atoms with Crippen LogP contribution in [0.2, 0.25) is 0 Å². The van der Waals surface area contributed by atoms with E-state index in [4.69, 9.17) is 0 Å². The zero-order valence-corrected chi connectivity index (χ0v) is 22.5. The fraction of sp³-hybridized carbons (Fsp3) is 0.303. The zero-order valence-electron chi connectivity index (χ0n) is 22.5. The standard InChI is InChI=1S/C33H32N4O/c1-5-23(3)21-36-17-15-34-31(36)13-9-25-7-11-27-28-12-8-26(20-30(28)33(38)29(27)19-25)10-14-32-35-16-18-37(32)22-24(4)6-2/h7-8,11-12,15-20,23-24H,5-6,21-22H2,1-4H3/t23-,24-/m0/s1. The maximum absolute atomic E-state index is 13.3. The van der Waals surface area contributed by atoms with Crippen molar-refractivity contribution in [1.29, 1.82) is 0 Å². The van der Waals surface area contributed by atoms with Gasteiger partial charge in [0.2, 0.25) is 0 Å². The maximum atomic E-state index is 13.3. The smallest absolute Gasteiger partial charge is 0.194 e. The van der Waals surface area contributed by atoms with Gasteiger partial charge in [-0.25, -0.2) is 9.97 Å². The lowest BCUT2D eigenvalue weighted by Crippen LogP contribution is -2.07. The highest BCUT2D eigenvalue weighted by Gasteiger charge is 2.26. The van der Waals surface area contributed by atoms with Crippen molar-refractivity contribution in [3.63, 3.8) is 0 Å². The molecule has 5 rings (SSSR count). The van der Waals surface area contributed by atoms with Crippen LogP contribution >= 0.6 is 0 Å². The molecule has 5 nitrogen and oxygen atoms in total. The van der Waals surface area contributed by atoms with E-state index in [1.807, 2.05) is 48.8 Å². The molecule has 0 radical (unpaired) electrons. The van der Waals surface area contributed by atoms with E-state index >= 15 is 0 Å². The van der Waals surface area contributed by atoms with E-state index in [1.54, 1.807) is 12.4 Å². The van der Waals surface area contributed by atoms with E-state index in [1.165, 1.54) is 0 Å². The second kappa shape index (κ2) is 11.0. The molecule has 0 bridgehead atoms. The quantitative estimate of drug-likeness (QED) is 0.262. The molecule has 0 aliphatic heterocycles. The lowest BCUT2D eigenvalue weighted by Gasteiger charge is -2.09. The number of ketones is 1. The van der Waals surface area contributed by atoms with Gasteiger partial charge in [-0.15, -0.1) is 0 Å². The molecule has 0 spiro atoms. The number of carbonyl (C=O) groups excluding carboxylic acids is 1. The molecular formula is C33H32N4O. The first-order valence-electron chi connectivity index (χ1n) is 13.4. The molecule has 1 aliphatic rings. The van der Waals surface area contributed by atoms with Crippen LogP contribution in [0.15, 0.2) is 61.2 Å². The second-order valence-electron chi connectivity index (χ2n) is 10.2. The first kappa shape index (κ1) is 25.3. The number of carbonyl (C=O) groups is 1. The molecule has 0 saturated heterocycles. The van der Waals surface area contributed by atoms with Gasteiger partial charge in [0.15, 0.2) is 17.4 Å². The van der Waals surface area contributed by atoms with E-state index in [-0.39, 0.29) is 5.78 Å². The summed E-state index contributed by atoms with van der Waals surface area (Å²) >= 11 is 0. The zero-order chi connectivity index (χ0) is 26.6. The van der Waals surface area contributed by atoms with Crippen LogP contribution in [0.1, 0.15) is 79.2 Å². The Labute approximate surface area is 225 Å². The van der Waals surface area contributed by atoms with Gasteiger partial charge in [-0.05, 0) is 59.1 Å². The number of benzene rings is 2. The average molecular weight is 501 g/mol. The van der Waals surface area contributed by atoms with Gasteiger partial charge >= 0.3 is 0 Å². The Kier molecular flexibility index (Phi) is 7.29. The summed E-state index contributed by atoms with van der Waals surface area (Å²) in [6.07, 6.45) is 9.73. The highest BCUT2D eigenvalue weighted by Crippen LogP contribution is 2.37. The summed E-state index contributed by atoms with van der Waals surface area (Å²) in [5.74, 6) is 15.4. The topological polar surface area (TPSA) is 52.7 Å². The fourth-order valence-corrected chi connectivity index (χ4v) is 4.58. The molecule has 2 aromatic heterocycles. The lowest BCUT2D eigenvalue weighted by atomic mass is 10.0. The maximum Gasteiger partial charge on any atom is 0.194 e. The molecule has 2 heterocycles. The van der Waals surface area contributed by atoms with E-state index in [2.05, 4.69) is 70.5 Å². The Morgan fingerprint density at radius 2 is 1.13 bits per heavy atom. The van der Waals surface area contributed by atoms with E-state index in [9.17, 15) is 4.79 Å². The van der Waals surface area contributed by atoms with Crippen LogP contribution in [0, 0.1) is 35.5 Å². The summed E-state index contributed by atoms with van der Waals surface area (Å²) in [5, 5.41) is 0. The highest BCUT2D eigenvalue weighted by atomic mass is 16.1. The van der Waals surface area contributed by atoms with Crippen molar-refractivity contribution in [2.45, 2.75) is 53.6 Å². The molecule has 4 aromatic rings. The van der Waals surface area contributed by atoms with Crippen molar-refractivity contribution in [3.8, 4) is 34.8 Å². The number of nitrogens with zero attached hydrogens (tertiary/aromatic N) is 4. The molecule has 0 N–H and O–H groups in total. The third-order valence-electron chi connectivity index (χ3n) is 7.30. The van der Waals surface area contributed by atoms with Gasteiger partial charge in [-0.2, -0.15) is 0 Å². The molecule has 5 heteroatoms. The van der Waals surface area contributed by atoms with Crippen LogP contribution in [-0.2, 0) is 13.1 Å². The van der Waals surface area contributed by atoms with Gasteiger partial charge in [0.25, 0.3) is 0 Å². The number of aromatic nitrogens is 4. The van der Waals surface area contributed by atoms with Crippen molar-refractivity contribution in [3.05, 3.63) is 95.1 Å². The van der Waals surface area contributed by atoms with Crippen LogP contribution < -0.4 is 0 Å². The number of fused-ring (bicyclic) bond motifs is 3. The van der Waals surface area contributed by atoms with Crippen LogP contribution in [0.5, 0.6) is 0 Å². The predicted octanol–water partition coefficient (Wildman–Crippen LogP) is 6.18. The largest absolute Gasteiger partial charge is 0.324 e. The third kappa shape index (κ3) is 5.20. The summed E-state index contributed by atoms with van der Waals surface area (Å²) in [6.45, 7) is 10.6. The van der Waals surface area contributed by atoms with Crippen LogP contribution in [0.4, 0.5) is 0 Å². The van der Waals surface area contributed by atoms with E-state index in [0.29, 0.717) is 23.0 Å². The summed E-state index contributed by atoms with van der Waals surface area (Å²) < 4.78 is 4.18. The highest BCUT2D eigenvalue weighted by molar-refractivity contribution is 6.22. The summed E-state index contributed by atoms with van der Waals surface area (Å²) in [6, 6.07) is 11.7. The molecule has 1 aliphatic carbocycles. The number of rotatable bonds is 6. The predicted molar refractivity (Wildman–Crippen MR) is 151 cm³/mol. The summed E-state index contributed by atoms with van der Waals surface area (Å²) in [7, 11) is 0. The molecule has 0 fully saturated rings. The molecule has 2 aromatic carbocycles. The second-order valence-corrected chi connectivity index (χ2v) is 10.2. The third-order valence-corrected chi connectivity index (χ3v) is 7.30. The molecule has 0 saturated carbocycles. The Balaban J connectivity index is 1.37. The van der Waals surface area contributed by atoms with Crippen molar-refractivity contribution >= 4 is 5.78 Å².